The fraction of sp³-hybridized carbons (Fsp3) is 0.194. The number of nitriles is 1. The Morgan fingerprint density at radius 1 is 1.00 bits per heavy atom. The van der Waals surface area contributed by atoms with Gasteiger partial charge in [-0.1, -0.05) is 54.2 Å². The van der Waals surface area contributed by atoms with Crippen molar-refractivity contribution in [2.75, 3.05) is 26.0 Å². The molecule has 2 aliphatic heterocycles. The van der Waals surface area contributed by atoms with Gasteiger partial charge in [0, 0.05) is 31.7 Å². The molecule has 0 aromatic heterocycles. The highest BCUT2D eigenvalue weighted by atomic mass is 32.2. The monoisotopic (exact) mass is 607 g/mol. The third-order valence-corrected chi connectivity index (χ3v) is 8.61. The normalized spacial score (nSPS) is 17.6. The molecule has 0 bridgehead atoms. The molecule has 1 N–H and O–H groups in total. The molecule has 0 saturated carbocycles. The fourth-order valence-corrected chi connectivity index (χ4v) is 6.34. The number of nitrogens with zero attached hydrogens (tertiary/aromatic N) is 4. The van der Waals surface area contributed by atoms with Gasteiger partial charge in [0.25, 0.3) is 5.91 Å². The van der Waals surface area contributed by atoms with E-state index in [4.69, 9.17) is 5.26 Å². The summed E-state index contributed by atoms with van der Waals surface area (Å²) >= 11 is 2.69. The van der Waals surface area contributed by atoms with E-state index in [9.17, 15) is 18.0 Å². The summed E-state index contributed by atoms with van der Waals surface area (Å²) in [7, 11) is 3.46. The third-order valence-electron chi connectivity index (χ3n) is 6.28. The Kier molecular flexibility index (Phi) is 10.0. The van der Waals surface area contributed by atoms with Crippen LogP contribution in [0.15, 0.2) is 99.2 Å². The van der Waals surface area contributed by atoms with E-state index >= 15 is 0 Å². The number of carbonyl (C=O) groups is 1. The van der Waals surface area contributed by atoms with Crippen molar-refractivity contribution in [2.24, 2.45) is 4.99 Å². The summed E-state index contributed by atoms with van der Waals surface area (Å²) in [5, 5.41) is 14.8. The molecule has 0 unspecified atom stereocenters. The predicted molar refractivity (Wildman–Crippen MR) is 165 cm³/mol. The predicted octanol–water partition coefficient (Wildman–Crippen LogP) is 7.60. The summed E-state index contributed by atoms with van der Waals surface area (Å²) in [5.74, 6) is -0.133. The maximum Gasteiger partial charge on any atom is 0.416 e. The number of amides is 1. The smallest absolute Gasteiger partial charge is 0.385 e. The average molecular weight is 608 g/mol. The lowest BCUT2D eigenvalue weighted by Crippen LogP contribution is -2.29. The van der Waals surface area contributed by atoms with Gasteiger partial charge in [-0.15, -0.1) is 0 Å². The Labute approximate surface area is 251 Å². The Bertz CT molecular complexity index is 1540. The zero-order valence-electron chi connectivity index (χ0n) is 23.1. The van der Waals surface area contributed by atoms with E-state index in [0.29, 0.717) is 27.7 Å². The second-order valence-corrected chi connectivity index (χ2v) is 10.9. The first-order valence-electron chi connectivity index (χ1n) is 12.9. The standard InChI is InChI=1S/C22H18F3N3OS2.C9H10N2/c1-26-21-28(12-14-6-4-3-5-7-14)19(29)18(31-21)20-27(2)17(13-30-20)15-8-10-16(11-9-15)22(23,24)25;1-2-11-9-5-3-8(7-10)4-6-9/h3-11,13H,12H2,1-2H3;3-6,11H,2H2,1H3/b20-18-,26-21?;. The number of benzene rings is 3. The van der Waals surface area contributed by atoms with Crippen molar-refractivity contribution in [3.63, 3.8) is 0 Å². The molecule has 0 aliphatic carbocycles. The minimum absolute atomic E-state index is 0.133. The maximum absolute atomic E-state index is 13.2. The lowest BCUT2D eigenvalue weighted by molar-refractivity contribution is -0.137. The van der Waals surface area contributed by atoms with Crippen LogP contribution in [0.4, 0.5) is 18.9 Å². The third kappa shape index (κ3) is 7.19. The highest BCUT2D eigenvalue weighted by Gasteiger charge is 2.38. The summed E-state index contributed by atoms with van der Waals surface area (Å²) in [6, 6.07) is 24.2. The molecule has 216 valence electrons. The first-order chi connectivity index (χ1) is 20.2. The van der Waals surface area contributed by atoms with Gasteiger partial charge >= 0.3 is 6.18 Å². The Morgan fingerprint density at radius 2 is 1.67 bits per heavy atom. The van der Waals surface area contributed by atoms with Gasteiger partial charge in [0.2, 0.25) is 0 Å². The van der Waals surface area contributed by atoms with Gasteiger partial charge in [0.1, 0.15) is 4.91 Å². The van der Waals surface area contributed by atoms with Crippen LogP contribution >= 0.6 is 23.5 Å². The molecule has 3 aromatic carbocycles. The lowest BCUT2D eigenvalue weighted by atomic mass is 10.1. The van der Waals surface area contributed by atoms with E-state index < -0.39 is 11.7 Å². The topological polar surface area (TPSA) is 71.7 Å². The molecule has 11 heteroatoms. The number of halogens is 3. The first kappa shape index (κ1) is 30.8. The van der Waals surface area contributed by atoms with Crippen LogP contribution in [0.2, 0.25) is 0 Å². The Hall–Kier alpha value is -4.14. The van der Waals surface area contributed by atoms with Crippen LogP contribution in [0.5, 0.6) is 0 Å². The highest BCUT2D eigenvalue weighted by molar-refractivity contribution is 8.19. The molecule has 2 heterocycles. The van der Waals surface area contributed by atoms with Gasteiger partial charge in [-0.05, 0) is 66.2 Å². The number of alkyl halides is 3. The van der Waals surface area contributed by atoms with Crippen molar-refractivity contribution < 1.29 is 18.0 Å². The number of aliphatic imine (C=N–C) groups is 1. The minimum Gasteiger partial charge on any atom is -0.385 e. The number of nitrogens with one attached hydrogen (secondary N) is 1. The zero-order chi connectivity index (χ0) is 30.3. The van der Waals surface area contributed by atoms with Gasteiger partial charge in [-0.25, -0.2) is 0 Å². The number of thioether (sulfide) groups is 2. The lowest BCUT2D eigenvalue weighted by Gasteiger charge is -2.19. The van der Waals surface area contributed by atoms with E-state index in [2.05, 4.69) is 16.4 Å². The number of rotatable bonds is 5. The molecular weight excluding hydrogens is 580 g/mol. The van der Waals surface area contributed by atoms with E-state index in [-0.39, 0.29) is 5.91 Å². The second-order valence-electron chi connectivity index (χ2n) is 9.09. The fourth-order valence-electron chi connectivity index (χ4n) is 4.15. The summed E-state index contributed by atoms with van der Waals surface area (Å²) < 4.78 is 38.6. The first-order valence-corrected chi connectivity index (χ1v) is 14.6. The molecule has 0 radical (unpaired) electrons. The molecule has 0 spiro atoms. The van der Waals surface area contributed by atoms with Crippen molar-refractivity contribution in [1.82, 2.24) is 9.80 Å². The zero-order valence-corrected chi connectivity index (χ0v) is 24.8. The van der Waals surface area contributed by atoms with Gasteiger partial charge in [0.15, 0.2) is 5.17 Å². The van der Waals surface area contributed by atoms with Gasteiger partial charge in [0.05, 0.1) is 34.5 Å². The molecule has 0 atom stereocenters. The number of anilines is 1. The quantitative estimate of drug-likeness (QED) is 0.301. The largest absolute Gasteiger partial charge is 0.416 e. The summed E-state index contributed by atoms with van der Waals surface area (Å²) in [6.45, 7) is 3.37. The van der Waals surface area contributed by atoms with E-state index in [1.807, 2.05) is 66.7 Å². The Morgan fingerprint density at radius 3 is 2.24 bits per heavy atom. The van der Waals surface area contributed by atoms with E-state index in [1.165, 1.54) is 35.7 Å². The van der Waals surface area contributed by atoms with Gasteiger partial charge in [-0.2, -0.15) is 18.4 Å². The molecule has 5 rings (SSSR count). The molecule has 1 amide bonds. The molecular formula is C31H28F3N5OS2. The van der Waals surface area contributed by atoms with Crippen LogP contribution in [0.1, 0.15) is 29.2 Å². The van der Waals surface area contributed by atoms with Crippen LogP contribution in [-0.2, 0) is 17.5 Å². The van der Waals surface area contributed by atoms with Crippen LogP contribution in [0.3, 0.4) is 0 Å². The van der Waals surface area contributed by atoms with Crippen LogP contribution in [-0.4, -0.2) is 41.5 Å². The molecule has 2 aliphatic rings. The minimum atomic E-state index is -4.37. The molecule has 42 heavy (non-hydrogen) atoms. The van der Waals surface area contributed by atoms with Crippen molar-refractivity contribution in [1.29, 1.82) is 5.26 Å². The average Bonchev–Trinajstić information content (AvgIpc) is 3.52. The van der Waals surface area contributed by atoms with Crippen molar-refractivity contribution in [3.05, 3.63) is 116 Å². The maximum atomic E-state index is 13.2. The number of hydrogen-bond donors (Lipinski definition) is 1. The Balaban J connectivity index is 0.000000310. The molecule has 6 nitrogen and oxygen atoms in total. The number of carbonyl (C=O) groups excluding carboxylic acids is 1. The van der Waals surface area contributed by atoms with Crippen molar-refractivity contribution in [2.45, 2.75) is 19.6 Å². The van der Waals surface area contributed by atoms with Crippen LogP contribution < -0.4 is 5.32 Å². The summed E-state index contributed by atoms with van der Waals surface area (Å²) in [6.07, 6.45) is -4.37. The molecule has 1 fully saturated rings. The van der Waals surface area contributed by atoms with Crippen LogP contribution in [0.25, 0.3) is 5.70 Å². The van der Waals surface area contributed by atoms with E-state index in [1.54, 1.807) is 24.1 Å². The van der Waals surface area contributed by atoms with Crippen molar-refractivity contribution >= 4 is 46.0 Å². The number of hydrogen-bond acceptors (Lipinski definition) is 7. The molecule has 1 saturated heterocycles. The van der Waals surface area contributed by atoms with Gasteiger partial charge in [-0.3, -0.25) is 14.7 Å². The highest BCUT2D eigenvalue weighted by Crippen LogP contribution is 2.46. The van der Waals surface area contributed by atoms with Crippen molar-refractivity contribution in [3.8, 4) is 6.07 Å². The second kappa shape index (κ2) is 13.7. The number of amidine groups is 1. The van der Waals surface area contributed by atoms with E-state index in [0.717, 1.165) is 40.7 Å². The molecule has 3 aromatic rings. The van der Waals surface area contributed by atoms with Crippen LogP contribution in [0, 0.1) is 11.3 Å². The summed E-state index contributed by atoms with van der Waals surface area (Å²) in [4.78, 5) is 21.5. The SMILES string of the molecule is CCNc1ccc(C#N)cc1.CN=C1S/C(=C2\SC=C(c3ccc(C(F)(F)F)cc3)N2C)C(=O)N1Cc1ccccc1. The summed E-state index contributed by atoms with van der Waals surface area (Å²) in [5.41, 5.74) is 3.47. The van der Waals surface area contributed by atoms with Gasteiger partial charge < -0.3 is 10.2 Å².